The molecule has 0 saturated carbocycles. The molecule has 37 heavy (non-hydrogen) atoms. The first-order chi connectivity index (χ1) is 17.9. The van der Waals surface area contributed by atoms with Crippen LogP contribution in [-0.4, -0.2) is 53.7 Å². The number of amides is 1. The molecular weight excluding hydrogens is 514 g/mol. The summed E-state index contributed by atoms with van der Waals surface area (Å²) in [5.41, 5.74) is 7.87. The van der Waals surface area contributed by atoms with Gasteiger partial charge >= 0.3 is 5.97 Å². The van der Waals surface area contributed by atoms with Crippen LogP contribution in [0.15, 0.2) is 59.9 Å². The fourth-order valence-corrected chi connectivity index (χ4v) is 5.15. The molecule has 0 saturated heterocycles. The number of nitrogens with zero attached hydrogens (tertiary/aromatic N) is 4. The minimum absolute atomic E-state index is 0.0254. The molecule has 3 aromatic heterocycles. The molecule has 14 heteroatoms. The Morgan fingerprint density at radius 2 is 1.95 bits per heavy atom. The van der Waals surface area contributed by atoms with Crippen molar-refractivity contribution in [2.24, 2.45) is 0 Å². The number of nitrogen functional groups attached to an aromatic ring is 1. The van der Waals surface area contributed by atoms with Crippen LogP contribution in [0, 0.1) is 5.41 Å². The van der Waals surface area contributed by atoms with Crippen molar-refractivity contribution in [3.05, 3.63) is 71.6 Å². The summed E-state index contributed by atoms with van der Waals surface area (Å²) < 4.78 is 0. The van der Waals surface area contributed by atoms with E-state index < -0.39 is 17.9 Å². The Morgan fingerprint density at radius 1 is 1.14 bits per heavy atom. The number of fused-ring (bicyclic) bond motifs is 1. The van der Waals surface area contributed by atoms with Crippen LogP contribution in [0.4, 0.5) is 11.6 Å². The molecule has 4 aromatic rings. The van der Waals surface area contributed by atoms with Gasteiger partial charge in [-0.05, 0) is 53.6 Å². The summed E-state index contributed by atoms with van der Waals surface area (Å²) in [6.45, 7) is 0.327. The van der Waals surface area contributed by atoms with E-state index in [1.807, 2.05) is 18.2 Å². The first-order valence-electron chi connectivity index (χ1n) is 11.0. The van der Waals surface area contributed by atoms with E-state index in [2.05, 4.69) is 35.6 Å². The maximum absolute atomic E-state index is 12.6. The van der Waals surface area contributed by atoms with Crippen molar-refractivity contribution in [3.63, 3.8) is 0 Å². The molecule has 0 radical (unpaired) electrons. The van der Waals surface area contributed by atoms with E-state index in [1.54, 1.807) is 36.7 Å². The van der Waals surface area contributed by atoms with Crippen molar-refractivity contribution < 1.29 is 14.7 Å². The Bertz CT molecular complexity index is 1450. The van der Waals surface area contributed by atoms with Gasteiger partial charge in [0.1, 0.15) is 11.1 Å². The van der Waals surface area contributed by atoms with Crippen LogP contribution >= 0.6 is 21.6 Å². The number of benzene rings is 1. The average molecular weight is 538 g/mol. The molecule has 0 spiro atoms. The number of carbonyl (C=O) groups excluding carboxylic acids is 1. The van der Waals surface area contributed by atoms with Crippen molar-refractivity contribution in [1.82, 2.24) is 30.2 Å². The molecular formula is C23H23N9O3S2. The zero-order chi connectivity index (χ0) is 26.2. The van der Waals surface area contributed by atoms with Gasteiger partial charge in [0.25, 0.3) is 5.91 Å². The van der Waals surface area contributed by atoms with Gasteiger partial charge in [0.15, 0.2) is 16.7 Å². The zero-order valence-electron chi connectivity index (χ0n) is 19.3. The summed E-state index contributed by atoms with van der Waals surface area (Å²) in [5.74, 6) is -0.928. The standard InChI is InChI=1S/C23H23N9O3S2/c24-19-18-20(32-23(25)31-19)28-12-15(29-18)11-27-14-6-4-13(5-7-14)21(33)30-16(22(34)35)8-10-36-37-17-3-1-2-9-26-17/h1-7,9,12,16,27H,8,10-11H2,(H,30,33)(H,34,35)(H4,24,25,28,31,32). The predicted octanol–water partition coefficient (Wildman–Crippen LogP) is 2.44. The van der Waals surface area contributed by atoms with E-state index in [0.717, 1.165) is 10.7 Å². The summed E-state index contributed by atoms with van der Waals surface area (Å²) in [5, 5.41) is 24.1. The molecule has 1 atom stereocenters. The highest BCUT2D eigenvalue weighted by atomic mass is 33.1. The van der Waals surface area contributed by atoms with Crippen LogP contribution in [0.25, 0.3) is 11.2 Å². The summed E-state index contributed by atoms with van der Waals surface area (Å²) in [7, 11) is 2.94. The van der Waals surface area contributed by atoms with Crippen LogP contribution in [-0.2, 0) is 11.3 Å². The van der Waals surface area contributed by atoms with Crippen LogP contribution < -0.4 is 21.9 Å². The molecule has 0 aliphatic heterocycles. The molecule has 0 aliphatic carbocycles. The van der Waals surface area contributed by atoms with Gasteiger partial charge in [0, 0.05) is 23.2 Å². The Balaban J connectivity index is 1.29. The van der Waals surface area contributed by atoms with Crippen LogP contribution in [0.1, 0.15) is 22.5 Å². The van der Waals surface area contributed by atoms with Gasteiger partial charge in [-0.3, -0.25) is 10.2 Å². The molecule has 1 amide bonds. The Morgan fingerprint density at radius 3 is 2.68 bits per heavy atom. The van der Waals surface area contributed by atoms with E-state index in [9.17, 15) is 14.7 Å². The third-order valence-corrected chi connectivity index (χ3v) is 7.31. The number of hydrogen-bond acceptors (Lipinski definition) is 11. The van der Waals surface area contributed by atoms with Crippen molar-refractivity contribution in [3.8, 4) is 0 Å². The number of hydrogen-bond donors (Lipinski definition) is 6. The van der Waals surface area contributed by atoms with Crippen LogP contribution in [0.3, 0.4) is 0 Å². The van der Waals surface area contributed by atoms with Gasteiger partial charge in [0.2, 0.25) is 5.95 Å². The third kappa shape index (κ3) is 7.17. The number of nitrogens with one attached hydrogen (secondary N) is 4. The quantitative estimate of drug-likeness (QED) is 0.121. The number of nitrogens with two attached hydrogens (primary N) is 1. The second-order valence-corrected chi connectivity index (χ2v) is 10.1. The maximum atomic E-state index is 12.6. The van der Waals surface area contributed by atoms with Crippen LogP contribution in [0.2, 0.25) is 0 Å². The number of anilines is 2. The second-order valence-electron chi connectivity index (χ2n) is 7.69. The zero-order valence-corrected chi connectivity index (χ0v) is 21.0. The lowest BCUT2D eigenvalue weighted by Crippen LogP contribution is -2.41. The van der Waals surface area contributed by atoms with E-state index in [-0.39, 0.29) is 23.5 Å². The van der Waals surface area contributed by atoms with Gasteiger partial charge in [-0.2, -0.15) is 4.98 Å². The highest BCUT2D eigenvalue weighted by Crippen LogP contribution is 2.29. The molecule has 1 aromatic carbocycles. The summed E-state index contributed by atoms with van der Waals surface area (Å²) in [6, 6.07) is 11.2. The molecule has 0 bridgehead atoms. The van der Waals surface area contributed by atoms with E-state index in [0.29, 0.717) is 29.1 Å². The lowest BCUT2D eigenvalue weighted by molar-refractivity contribution is -0.139. The van der Waals surface area contributed by atoms with Crippen molar-refractivity contribution in [2.45, 2.75) is 24.0 Å². The number of aromatic nitrogens is 5. The molecule has 190 valence electrons. The van der Waals surface area contributed by atoms with E-state index in [1.165, 1.54) is 21.6 Å². The number of aliphatic carboxylic acids is 1. The molecule has 7 N–H and O–H groups in total. The lowest BCUT2D eigenvalue weighted by Gasteiger charge is -2.14. The number of aromatic amines is 1. The molecule has 3 heterocycles. The number of pyridine rings is 1. The van der Waals surface area contributed by atoms with Gasteiger partial charge < -0.3 is 26.5 Å². The fraction of sp³-hybridized carbons (Fsp3) is 0.174. The summed E-state index contributed by atoms with van der Waals surface area (Å²) >= 11 is 0. The van der Waals surface area contributed by atoms with Gasteiger partial charge in [-0.1, -0.05) is 16.9 Å². The van der Waals surface area contributed by atoms with Crippen molar-refractivity contribution in [2.75, 3.05) is 16.8 Å². The van der Waals surface area contributed by atoms with Crippen molar-refractivity contribution in [1.29, 1.82) is 5.41 Å². The highest BCUT2D eigenvalue weighted by molar-refractivity contribution is 8.76. The van der Waals surface area contributed by atoms with Gasteiger partial charge in [-0.15, -0.1) is 0 Å². The highest BCUT2D eigenvalue weighted by Gasteiger charge is 2.20. The minimum Gasteiger partial charge on any atom is -0.480 e. The topological polar surface area (TPSA) is 196 Å². The molecule has 1 unspecified atom stereocenters. The smallest absolute Gasteiger partial charge is 0.326 e. The third-order valence-electron chi connectivity index (χ3n) is 5.02. The Labute approximate surface area is 218 Å². The normalized spacial score (nSPS) is 11.7. The summed E-state index contributed by atoms with van der Waals surface area (Å²) in [6.07, 6.45) is 3.52. The number of carboxylic acid groups (broad SMARTS) is 1. The summed E-state index contributed by atoms with van der Waals surface area (Å²) in [4.78, 5) is 43.7. The Kier molecular flexibility index (Phi) is 8.53. The minimum atomic E-state index is -1.09. The van der Waals surface area contributed by atoms with Gasteiger partial charge in [0.05, 0.1) is 18.4 Å². The van der Waals surface area contributed by atoms with E-state index in [4.69, 9.17) is 11.1 Å². The molecule has 0 fully saturated rings. The SMILES string of the molecule is N=c1[nH]c(N)nc2ncc(CNc3ccc(C(=O)NC(CCSSc4ccccn4)C(=O)O)cc3)nc12. The Hall–Kier alpha value is -4.17. The molecule has 12 nitrogen and oxygen atoms in total. The number of carboxylic acids is 1. The van der Waals surface area contributed by atoms with E-state index >= 15 is 0 Å². The van der Waals surface area contributed by atoms with Crippen LogP contribution in [0.5, 0.6) is 0 Å². The molecule has 0 aliphatic rings. The monoisotopic (exact) mass is 537 g/mol. The number of H-pyrrole nitrogens is 1. The average Bonchev–Trinajstić information content (AvgIpc) is 2.90. The van der Waals surface area contributed by atoms with Crippen molar-refractivity contribution >= 4 is 56.3 Å². The first kappa shape index (κ1) is 25.9. The largest absolute Gasteiger partial charge is 0.480 e. The lowest BCUT2D eigenvalue weighted by atomic mass is 10.1. The maximum Gasteiger partial charge on any atom is 0.326 e. The number of carbonyl (C=O) groups is 2. The second kappa shape index (κ2) is 12.2. The first-order valence-corrected chi connectivity index (χ1v) is 13.3. The van der Waals surface area contributed by atoms with Gasteiger partial charge in [-0.25, -0.2) is 19.7 Å². The fourth-order valence-electron chi connectivity index (χ4n) is 3.18. The molecule has 4 rings (SSSR count). The number of rotatable bonds is 11. The predicted molar refractivity (Wildman–Crippen MR) is 142 cm³/mol.